The van der Waals surface area contributed by atoms with E-state index in [4.69, 9.17) is 16.3 Å². The number of benzene rings is 1. The van der Waals surface area contributed by atoms with E-state index in [1.165, 1.54) is 5.56 Å². The summed E-state index contributed by atoms with van der Waals surface area (Å²) in [6.45, 7) is 11.3. The Bertz CT molecular complexity index is 379. The second kappa shape index (κ2) is 9.38. The highest BCUT2D eigenvalue weighted by Crippen LogP contribution is 2.22. The molecule has 0 fully saturated rings. The van der Waals surface area contributed by atoms with Crippen LogP contribution < -0.4 is 5.32 Å². The molecule has 0 saturated carbocycles. The van der Waals surface area contributed by atoms with Crippen LogP contribution >= 0.6 is 11.6 Å². The minimum atomic E-state index is 0.447. The van der Waals surface area contributed by atoms with Crippen LogP contribution in [0, 0.1) is 5.92 Å². The van der Waals surface area contributed by atoms with Gasteiger partial charge in [0.15, 0.2) is 0 Å². The molecule has 0 aliphatic heterocycles. The highest BCUT2D eigenvalue weighted by atomic mass is 35.5. The summed E-state index contributed by atoms with van der Waals surface area (Å²) in [7, 11) is 0. The first kappa shape index (κ1) is 17.5. The number of hydrogen-bond donors (Lipinski definition) is 1. The van der Waals surface area contributed by atoms with Crippen LogP contribution in [-0.4, -0.2) is 25.8 Å². The predicted octanol–water partition coefficient (Wildman–Crippen LogP) is 4.48. The maximum Gasteiger partial charge on any atom is 0.0488 e. The van der Waals surface area contributed by atoms with Gasteiger partial charge in [-0.2, -0.15) is 0 Å². The van der Waals surface area contributed by atoms with Gasteiger partial charge in [-0.05, 0) is 36.0 Å². The van der Waals surface area contributed by atoms with E-state index in [9.17, 15) is 0 Å². The highest BCUT2D eigenvalue weighted by Gasteiger charge is 2.12. The van der Waals surface area contributed by atoms with E-state index in [-0.39, 0.29) is 0 Å². The zero-order valence-electron chi connectivity index (χ0n) is 13.2. The second-order valence-electron chi connectivity index (χ2n) is 6.07. The second-order valence-corrected chi connectivity index (χ2v) is 6.51. The van der Waals surface area contributed by atoms with E-state index in [0.717, 1.165) is 31.2 Å². The lowest BCUT2D eigenvalue weighted by Crippen LogP contribution is -2.28. The summed E-state index contributed by atoms with van der Waals surface area (Å²) < 4.78 is 5.72. The van der Waals surface area contributed by atoms with E-state index in [2.05, 4.69) is 45.1 Å². The SMILES string of the molecule is CC(C)COCCC(CNC(C)C)c1cccc(Cl)c1. The van der Waals surface area contributed by atoms with E-state index in [1.54, 1.807) is 0 Å². The van der Waals surface area contributed by atoms with Crippen LogP contribution in [0.2, 0.25) is 5.02 Å². The Kier molecular flexibility index (Phi) is 8.20. The van der Waals surface area contributed by atoms with Gasteiger partial charge >= 0.3 is 0 Å². The van der Waals surface area contributed by atoms with Crippen molar-refractivity contribution in [3.63, 3.8) is 0 Å². The topological polar surface area (TPSA) is 21.3 Å². The Morgan fingerprint density at radius 1 is 1.20 bits per heavy atom. The summed E-state index contributed by atoms with van der Waals surface area (Å²) in [5, 5.41) is 4.32. The molecule has 0 bridgehead atoms. The number of hydrogen-bond acceptors (Lipinski definition) is 2. The molecule has 0 aromatic heterocycles. The fourth-order valence-corrected chi connectivity index (χ4v) is 2.27. The van der Waals surface area contributed by atoms with Crippen molar-refractivity contribution in [3.8, 4) is 0 Å². The van der Waals surface area contributed by atoms with Crippen LogP contribution in [0.4, 0.5) is 0 Å². The highest BCUT2D eigenvalue weighted by molar-refractivity contribution is 6.30. The van der Waals surface area contributed by atoms with Gasteiger partial charge in [0.25, 0.3) is 0 Å². The van der Waals surface area contributed by atoms with Crippen LogP contribution in [0.1, 0.15) is 45.6 Å². The predicted molar refractivity (Wildman–Crippen MR) is 87.6 cm³/mol. The summed E-state index contributed by atoms with van der Waals surface area (Å²) in [6.07, 6.45) is 1.02. The molecule has 114 valence electrons. The molecule has 0 radical (unpaired) electrons. The van der Waals surface area contributed by atoms with Crippen molar-refractivity contribution >= 4 is 11.6 Å². The first-order valence-corrected chi connectivity index (χ1v) is 7.93. The minimum Gasteiger partial charge on any atom is -0.381 e. The van der Waals surface area contributed by atoms with Gasteiger partial charge in [0.05, 0.1) is 0 Å². The Balaban J connectivity index is 2.55. The van der Waals surface area contributed by atoms with E-state index in [1.807, 2.05) is 12.1 Å². The smallest absolute Gasteiger partial charge is 0.0488 e. The number of rotatable bonds is 9. The largest absolute Gasteiger partial charge is 0.381 e. The van der Waals surface area contributed by atoms with Crippen molar-refractivity contribution in [2.45, 2.75) is 46.1 Å². The zero-order valence-corrected chi connectivity index (χ0v) is 13.9. The number of nitrogens with one attached hydrogen (secondary N) is 1. The van der Waals surface area contributed by atoms with Crippen LogP contribution in [-0.2, 0) is 4.74 Å². The van der Waals surface area contributed by atoms with Crippen molar-refractivity contribution in [1.82, 2.24) is 5.32 Å². The van der Waals surface area contributed by atoms with Crippen LogP contribution in [0.3, 0.4) is 0 Å². The molecular formula is C17H28ClNO. The molecule has 1 N–H and O–H groups in total. The molecule has 20 heavy (non-hydrogen) atoms. The summed E-state index contributed by atoms with van der Waals surface area (Å²) in [5.74, 6) is 1.04. The molecule has 1 aromatic rings. The van der Waals surface area contributed by atoms with Crippen LogP contribution in [0.25, 0.3) is 0 Å². The van der Waals surface area contributed by atoms with Crippen molar-refractivity contribution in [2.75, 3.05) is 19.8 Å². The third-order valence-corrected chi connectivity index (χ3v) is 3.39. The summed E-state index contributed by atoms with van der Waals surface area (Å²) >= 11 is 6.10. The molecule has 0 saturated heterocycles. The van der Waals surface area contributed by atoms with Crippen molar-refractivity contribution in [2.24, 2.45) is 5.92 Å². The third kappa shape index (κ3) is 7.28. The van der Waals surface area contributed by atoms with Gasteiger partial charge in [-0.15, -0.1) is 0 Å². The standard InChI is InChI=1S/C17H28ClNO/c1-13(2)12-20-9-8-16(11-19-14(3)4)15-6-5-7-17(18)10-15/h5-7,10,13-14,16,19H,8-9,11-12H2,1-4H3. The van der Waals surface area contributed by atoms with Crippen LogP contribution in [0.5, 0.6) is 0 Å². The van der Waals surface area contributed by atoms with Crippen molar-refractivity contribution < 1.29 is 4.74 Å². The number of ether oxygens (including phenoxy) is 1. The van der Waals surface area contributed by atoms with Gasteiger partial charge in [-0.3, -0.25) is 0 Å². The molecule has 1 atom stereocenters. The molecule has 0 spiro atoms. The van der Waals surface area contributed by atoms with E-state index in [0.29, 0.717) is 17.9 Å². The average molecular weight is 298 g/mol. The Morgan fingerprint density at radius 3 is 2.55 bits per heavy atom. The molecule has 3 heteroatoms. The van der Waals surface area contributed by atoms with Gasteiger partial charge in [-0.25, -0.2) is 0 Å². The fourth-order valence-electron chi connectivity index (χ4n) is 2.07. The van der Waals surface area contributed by atoms with Crippen molar-refractivity contribution in [1.29, 1.82) is 0 Å². The third-order valence-electron chi connectivity index (χ3n) is 3.15. The first-order valence-electron chi connectivity index (χ1n) is 7.55. The first-order chi connectivity index (χ1) is 9.49. The lowest BCUT2D eigenvalue weighted by Gasteiger charge is -2.20. The summed E-state index contributed by atoms with van der Waals surface area (Å²) in [5.41, 5.74) is 1.29. The molecule has 1 unspecified atom stereocenters. The Morgan fingerprint density at radius 2 is 1.95 bits per heavy atom. The van der Waals surface area contributed by atoms with Gasteiger partial charge in [0.2, 0.25) is 0 Å². The molecule has 0 aliphatic carbocycles. The maximum atomic E-state index is 6.10. The molecular weight excluding hydrogens is 270 g/mol. The molecule has 1 rings (SSSR count). The van der Waals surface area contributed by atoms with Crippen LogP contribution in [0.15, 0.2) is 24.3 Å². The normalized spacial score (nSPS) is 13.2. The summed E-state index contributed by atoms with van der Waals surface area (Å²) in [4.78, 5) is 0. The summed E-state index contributed by atoms with van der Waals surface area (Å²) in [6, 6.07) is 8.66. The molecule has 1 aromatic carbocycles. The van der Waals surface area contributed by atoms with Gasteiger partial charge < -0.3 is 10.1 Å². The Hall–Kier alpha value is -0.570. The minimum absolute atomic E-state index is 0.447. The average Bonchev–Trinajstić information content (AvgIpc) is 2.37. The van der Waals surface area contributed by atoms with E-state index >= 15 is 0 Å². The number of halogens is 1. The molecule has 0 aliphatic rings. The fraction of sp³-hybridized carbons (Fsp3) is 0.647. The lowest BCUT2D eigenvalue weighted by atomic mass is 9.95. The monoisotopic (exact) mass is 297 g/mol. The molecule has 0 heterocycles. The quantitative estimate of drug-likeness (QED) is 0.678. The maximum absolute atomic E-state index is 6.10. The Labute approximate surface area is 128 Å². The lowest BCUT2D eigenvalue weighted by molar-refractivity contribution is 0.103. The zero-order chi connectivity index (χ0) is 15.0. The van der Waals surface area contributed by atoms with Gasteiger partial charge in [0, 0.05) is 30.8 Å². The molecule has 0 amide bonds. The van der Waals surface area contributed by atoms with Gasteiger partial charge in [-0.1, -0.05) is 51.4 Å². The van der Waals surface area contributed by atoms with Crippen molar-refractivity contribution in [3.05, 3.63) is 34.9 Å². The molecule has 2 nitrogen and oxygen atoms in total. The van der Waals surface area contributed by atoms with Gasteiger partial charge in [0.1, 0.15) is 0 Å². The van der Waals surface area contributed by atoms with E-state index < -0.39 is 0 Å².